The van der Waals surface area contributed by atoms with Crippen LogP contribution in [0.25, 0.3) is 0 Å². The maximum Gasteiger partial charge on any atom is 0.333 e. The molecular formula is C14H19F2N3O. The fourth-order valence-electron chi connectivity index (χ4n) is 1.96. The van der Waals surface area contributed by atoms with Gasteiger partial charge in [-0.3, -0.25) is 0 Å². The van der Waals surface area contributed by atoms with Crippen LogP contribution >= 0.6 is 0 Å². The van der Waals surface area contributed by atoms with Gasteiger partial charge in [0, 0.05) is 18.2 Å². The molecule has 1 unspecified atom stereocenters. The van der Waals surface area contributed by atoms with E-state index >= 15 is 0 Å². The normalized spacial score (nSPS) is 13.3. The van der Waals surface area contributed by atoms with Crippen molar-refractivity contribution >= 4 is 0 Å². The Morgan fingerprint density at radius 2 is 2.05 bits per heavy atom. The van der Waals surface area contributed by atoms with Crippen molar-refractivity contribution < 1.29 is 13.3 Å². The van der Waals surface area contributed by atoms with E-state index in [2.05, 4.69) is 10.3 Å². The molecule has 0 spiro atoms. The van der Waals surface area contributed by atoms with Crippen molar-refractivity contribution in [2.45, 2.75) is 52.0 Å². The summed E-state index contributed by atoms with van der Waals surface area (Å²) in [5, 5.41) is 7.67. The van der Waals surface area contributed by atoms with Crippen LogP contribution in [-0.4, -0.2) is 14.9 Å². The van der Waals surface area contributed by atoms with Crippen molar-refractivity contribution in [1.82, 2.24) is 14.9 Å². The summed E-state index contributed by atoms with van der Waals surface area (Å²) < 4.78 is 30.8. The zero-order valence-corrected chi connectivity index (χ0v) is 11.9. The average Bonchev–Trinajstić information content (AvgIpc) is 3.05. The van der Waals surface area contributed by atoms with Gasteiger partial charge in [0.15, 0.2) is 0 Å². The minimum absolute atomic E-state index is 0.154. The van der Waals surface area contributed by atoms with E-state index in [1.807, 2.05) is 26.8 Å². The third-order valence-electron chi connectivity index (χ3n) is 3.37. The molecule has 0 N–H and O–H groups in total. The highest BCUT2D eigenvalue weighted by molar-refractivity contribution is 5.13. The van der Waals surface area contributed by atoms with Crippen LogP contribution < -0.4 is 0 Å². The molecule has 6 heteroatoms. The Hall–Kier alpha value is -1.72. The van der Waals surface area contributed by atoms with E-state index in [4.69, 9.17) is 4.52 Å². The van der Waals surface area contributed by atoms with Crippen molar-refractivity contribution in [1.29, 1.82) is 0 Å². The molecule has 0 amide bonds. The summed E-state index contributed by atoms with van der Waals surface area (Å²) >= 11 is 0. The van der Waals surface area contributed by atoms with E-state index in [-0.39, 0.29) is 5.92 Å². The van der Waals surface area contributed by atoms with Crippen molar-refractivity contribution in [2.75, 3.05) is 0 Å². The number of halogens is 2. The average molecular weight is 283 g/mol. The van der Waals surface area contributed by atoms with Crippen LogP contribution in [-0.2, 0) is 6.42 Å². The summed E-state index contributed by atoms with van der Waals surface area (Å²) in [6, 6.07) is 1.96. The number of aryl methyl sites for hydroxylation is 1. The first kappa shape index (κ1) is 14.7. The van der Waals surface area contributed by atoms with Crippen LogP contribution in [0.4, 0.5) is 8.78 Å². The topological polar surface area (TPSA) is 43.9 Å². The molecule has 0 saturated carbocycles. The van der Waals surface area contributed by atoms with Crippen LogP contribution in [0, 0.1) is 0 Å². The number of aromatic nitrogens is 3. The van der Waals surface area contributed by atoms with E-state index < -0.39 is 6.55 Å². The monoisotopic (exact) mass is 283 g/mol. The first-order valence-electron chi connectivity index (χ1n) is 6.75. The molecule has 2 rings (SSSR count). The van der Waals surface area contributed by atoms with Gasteiger partial charge < -0.3 is 4.52 Å². The fourth-order valence-corrected chi connectivity index (χ4v) is 1.96. The lowest BCUT2D eigenvalue weighted by Crippen LogP contribution is -1.98. The van der Waals surface area contributed by atoms with Gasteiger partial charge in [-0.2, -0.15) is 13.9 Å². The predicted octanol–water partition coefficient (Wildman–Crippen LogP) is 4.13. The molecule has 110 valence electrons. The van der Waals surface area contributed by atoms with Gasteiger partial charge in [0.1, 0.15) is 5.76 Å². The van der Waals surface area contributed by atoms with Crippen molar-refractivity contribution in [3.8, 4) is 0 Å². The Bertz CT molecular complexity index is 548. The van der Waals surface area contributed by atoms with Gasteiger partial charge in [0.25, 0.3) is 0 Å². The molecule has 0 fully saturated rings. The van der Waals surface area contributed by atoms with E-state index in [1.54, 1.807) is 0 Å². The summed E-state index contributed by atoms with van der Waals surface area (Å²) in [4.78, 5) is 0. The Balaban J connectivity index is 1.91. The first-order valence-corrected chi connectivity index (χ1v) is 6.75. The molecule has 2 aromatic rings. The van der Waals surface area contributed by atoms with E-state index in [0.717, 1.165) is 29.9 Å². The highest BCUT2D eigenvalue weighted by Gasteiger charge is 2.14. The molecule has 2 aromatic heterocycles. The summed E-state index contributed by atoms with van der Waals surface area (Å²) in [6.45, 7) is 3.51. The molecule has 4 nitrogen and oxygen atoms in total. The Labute approximate surface area is 116 Å². The second-order valence-corrected chi connectivity index (χ2v) is 5.35. The van der Waals surface area contributed by atoms with E-state index in [9.17, 15) is 8.78 Å². The number of rotatable bonds is 6. The second kappa shape index (κ2) is 6.15. The Morgan fingerprint density at radius 1 is 1.30 bits per heavy atom. The predicted molar refractivity (Wildman–Crippen MR) is 70.8 cm³/mol. The van der Waals surface area contributed by atoms with Crippen molar-refractivity contribution in [2.24, 2.45) is 0 Å². The largest absolute Gasteiger partial charge is 0.361 e. The molecule has 0 aliphatic heterocycles. The maximum absolute atomic E-state index is 12.5. The number of nitrogens with zero attached hydrogens (tertiary/aromatic N) is 3. The highest BCUT2D eigenvalue weighted by Crippen LogP contribution is 2.23. The van der Waals surface area contributed by atoms with E-state index in [1.165, 1.54) is 12.4 Å². The lowest BCUT2D eigenvalue weighted by Gasteiger charge is -2.07. The third-order valence-corrected chi connectivity index (χ3v) is 3.37. The zero-order chi connectivity index (χ0) is 14.7. The highest BCUT2D eigenvalue weighted by atomic mass is 19.3. The van der Waals surface area contributed by atoms with Crippen LogP contribution in [0.15, 0.2) is 23.0 Å². The number of hydrogen-bond donors (Lipinski definition) is 0. The van der Waals surface area contributed by atoms with Crippen molar-refractivity contribution in [3.05, 3.63) is 35.5 Å². The number of alkyl halides is 2. The van der Waals surface area contributed by atoms with Crippen LogP contribution in [0.3, 0.4) is 0 Å². The molecule has 0 aliphatic rings. The molecule has 1 atom stereocenters. The van der Waals surface area contributed by atoms with Gasteiger partial charge in [-0.1, -0.05) is 25.9 Å². The van der Waals surface area contributed by atoms with Gasteiger partial charge >= 0.3 is 6.55 Å². The summed E-state index contributed by atoms with van der Waals surface area (Å²) in [6.07, 6.45) is 4.48. The van der Waals surface area contributed by atoms with Gasteiger partial charge in [0.2, 0.25) is 0 Å². The minimum atomic E-state index is -2.58. The van der Waals surface area contributed by atoms with Crippen LogP contribution in [0.2, 0.25) is 0 Å². The molecule has 0 bridgehead atoms. The van der Waals surface area contributed by atoms with Crippen LogP contribution in [0.5, 0.6) is 0 Å². The lowest BCUT2D eigenvalue weighted by atomic mass is 9.98. The summed E-state index contributed by atoms with van der Waals surface area (Å²) in [5.41, 5.74) is 1.72. The molecule has 0 saturated heterocycles. The molecule has 20 heavy (non-hydrogen) atoms. The Morgan fingerprint density at radius 3 is 2.60 bits per heavy atom. The van der Waals surface area contributed by atoms with Gasteiger partial charge in [-0.25, -0.2) is 4.68 Å². The fraction of sp³-hybridized carbons (Fsp3) is 0.571. The molecule has 0 aliphatic carbocycles. The smallest absolute Gasteiger partial charge is 0.333 e. The van der Waals surface area contributed by atoms with E-state index in [0.29, 0.717) is 10.6 Å². The second-order valence-electron chi connectivity index (χ2n) is 5.35. The maximum atomic E-state index is 12.5. The molecular weight excluding hydrogens is 264 g/mol. The minimum Gasteiger partial charge on any atom is -0.361 e. The molecule has 2 heterocycles. The van der Waals surface area contributed by atoms with Gasteiger partial charge in [-0.05, 0) is 24.3 Å². The molecule has 0 aromatic carbocycles. The zero-order valence-electron chi connectivity index (χ0n) is 11.9. The van der Waals surface area contributed by atoms with Crippen molar-refractivity contribution in [3.63, 3.8) is 0 Å². The van der Waals surface area contributed by atoms with Crippen LogP contribution in [0.1, 0.15) is 62.6 Å². The van der Waals surface area contributed by atoms with Gasteiger partial charge in [-0.15, -0.1) is 0 Å². The SMILES string of the molecule is CC(C)c1cc(CCC(C)c2cnn(C(F)F)c2)no1. The Kier molecular flexibility index (Phi) is 4.52. The lowest BCUT2D eigenvalue weighted by molar-refractivity contribution is 0.0565. The first-order chi connectivity index (χ1) is 9.47. The third kappa shape index (κ3) is 3.43. The summed E-state index contributed by atoms with van der Waals surface area (Å²) in [7, 11) is 0. The van der Waals surface area contributed by atoms with Gasteiger partial charge in [0.05, 0.1) is 11.9 Å². The quantitative estimate of drug-likeness (QED) is 0.800. The standard InChI is InChI=1S/C14H19F2N3O/c1-9(2)13-6-12(18-20-13)5-4-10(3)11-7-17-19(8-11)14(15)16/h6-10,14H,4-5H2,1-3H3. The summed E-state index contributed by atoms with van der Waals surface area (Å²) in [5.74, 6) is 1.35. The number of hydrogen-bond acceptors (Lipinski definition) is 3. The molecule has 0 radical (unpaired) electrons.